The fraction of sp³-hybridized carbons (Fsp3) is 0.118. The third-order valence-electron chi connectivity index (χ3n) is 3.45. The molecule has 27 heavy (non-hydrogen) atoms. The zero-order chi connectivity index (χ0) is 19.4. The third kappa shape index (κ3) is 4.54. The number of carbonyl (C=O) groups excluding carboxylic acids is 1. The van der Waals surface area contributed by atoms with Gasteiger partial charge in [-0.05, 0) is 36.4 Å². The number of ether oxygens (including phenoxy) is 2. The smallest absolute Gasteiger partial charge is 0.497 e. The van der Waals surface area contributed by atoms with Crippen molar-refractivity contribution < 1.29 is 27.4 Å². The van der Waals surface area contributed by atoms with Gasteiger partial charge >= 0.3 is 6.36 Å². The summed E-state index contributed by atoms with van der Waals surface area (Å²) in [5.74, 6) is -1.21. The van der Waals surface area contributed by atoms with E-state index in [4.69, 9.17) is 4.74 Å². The largest absolute Gasteiger partial charge is 0.573 e. The monoisotopic (exact) mass is 378 g/mol. The molecule has 0 spiro atoms. The van der Waals surface area contributed by atoms with E-state index >= 15 is 0 Å². The van der Waals surface area contributed by atoms with Crippen LogP contribution in [0.15, 0.2) is 54.9 Å². The van der Waals surface area contributed by atoms with Gasteiger partial charge in [-0.25, -0.2) is 4.68 Å². The average Bonchev–Trinajstić information content (AvgIpc) is 3.15. The van der Waals surface area contributed by atoms with Gasteiger partial charge < -0.3 is 14.8 Å². The standard InChI is InChI=1S/C17H13F3N4O3/c1-26-13-5-6-15(27-17(18,19)20)14(10-13)16(25)22-11-3-2-4-12(9-11)24-8-7-21-23-24/h2-10H,1H3,(H,22,25). The van der Waals surface area contributed by atoms with Crippen molar-refractivity contribution in [1.29, 1.82) is 0 Å². The molecule has 0 radical (unpaired) electrons. The van der Waals surface area contributed by atoms with E-state index in [1.165, 1.54) is 24.1 Å². The van der Waals surface area contributed by atoms with Crippen molar-refractivity contribution in [3.8, 4) is 17.2 Å². The molecule has 0 saturated heterocycles. The number of rotatable bonds is 5. The molecular weight excluding hydrogens is 365 g/mol. The molecule has 1 N–H and O–H groups in total. The Balaban J connectivity index is 1.88. The second kappa shape index (κ2) is 7.36. The number of nitrogens with zero attached hydrogens (tertiary/aromatic N) is 3. The van der Waals surface area contributed by atoms with Crippen molar-refractivity contribution >= 4 is 11.6 Å². The maximum absolute atomic E-state index is 12.6. The van der Waals surface area contributed by atoms with Gasteiger partial charge in [0.2, 0.25) is 0 Å². The van der Waals surface area contributed by atoms with Crippen LogP contribution in [0, 0.1) is 0 Å². The third-order valence-corrected chi connectivity index (χ3v) is 3.45. The minimum Gasteiger partial charge on any atom is -0.497 e. The van der Waals surface area contributed by atoms with Crippen molar-refractivity contribution in [2.24, 2.45) is 0 Å². The summed E-state index contributed by atoms with van der Waals surface area (Å²) in [5, 5.41) is 10.1. The number of hydrogen-bond acceptors (Lipinski definition) is 5. The summed E-state index contributed by atoms with van der Waals surface area (Å²) < 4.78 is 48.2. The summed E-state index contributed by atoms with van der Waals surface area (Å²) in [4.78, 5) is 12.5. The topological polar surface area (TPSA) is 78.3 Å². The van der Waals surface area contributed by atoms with Gasteiger partial charge in [-0.15, -0.1) is 18.3 Å². The van der Waals surface area contributed by atoms with Crippen LogP contribution in [0.1, 0.15) is 10.4 Å². The molecule has 1 heterocycles. The van der Waals surface area contributed by atoms with Gasteiger partial charge in [-0.3, -0.25) is 4.79 Å². The zero-order valence-corrected chi connectivity index (χ0v) is 13.9. The van der Waals surface area contributed by atoms with Crippen LogP contribution in [0.4, 0.5) is 18.9 Å². The van der Waals surface area contributed by atoms with E-state index in [2.05, 4.69) is 20.4 Å². The second-order valence-electron chi connectivity index (χ2n) is 5.26. The highest BCUT2D eigenvalue weighted by atomic mass is 19.4. The molecule has 0 saturated carbocycles. The predicted octanol–water partition coefficient (Wildman–Crippen LogP) is 3.43. The van der Waals surface area contributed by atoms with Crippen LogP contribution in [0.2, 0.25) is 0 Å². The Morgan fingerprint density at radius 3 is 2.67 bits per heavy atom. The van der Waals surface area contributed by atoms with Gasteiger partial charge in [0.25, 0.3) is 5.91 Å². The molecule has 10 heteroatoms. The Hall–Kier alpha value is -3.56. The second-order valence-corrected chi connectivity index (χ2v) is 5.26. The molecule has 0 aliphatic carbocycles. The van der Waals surface area contributed by atoms with E-state index in [1.807, 2.05) is 0 Å². The summed E-state index contributed by atoms with van der Waals surface area (Å²) in [6, 6.07) is 10.0. The quantitative estimate of drug-likeness (QED) is 0.736. The maximum Gasteiger partial charge on any atom is 0.573 e. The SMILES string of the molecule is COc1ccc(OC(F)(F)F)c(C(=O)Nc2cccc(-n3ccnn3)c2)c1. The van der Waals surface area contributed by atoms with Crippen LogP contribution in [-0.4, -0.2) is 34.4 Å². The Labute approximate surface area is 151 Å². The van der Waals surface area contributed by atoms with E-state index in [0.29, 0.717) is 11.4 Å². The highest BCUT2D eigenvalue weighted by molar-refractivity contribution is 6.06. The lowest BCUT2D eigenvalue weighted by molar-refractivity contribution is -0.274. The molecule has 140 valence electrons. The number of halogens is 3. The van der Waals surface area contributed by atoms with E-state index in [9.17, 15) is 18.0 Å². The van der Waals surface area contributed by atoms with Gasteiger partial charge in [-0.2, -0.15) is 0 Å². The lowest BCUT2D eigenvalue weighted by Gasteiger charge is -2.14. The van der Waals surface area contributed by atoms with Crippen molar-refractivity contribution in [3.63, 3.8) is 0 Å². The molecule has 1 amide bonds. The number of nitrogens with one attached hydrogen (secondary N) is 1. The van der Waals surface area contributed by atoms with Gasteiger partial charge in [0, 0.05) is 5.69 Å². The Morgan fingerprint density at radius 1 is 1.19 bits per heavy atom. The fourth-order valence-corrected chi connectivity index (χ4v) is 2.30. The molecule has 0 aliphatic rings. The predicted molar refractivity (Wildman–Crippen MR) is 89.0 cm³/mol. The van der Waals surface area contributed by atoms with Crippen molar-refractivity contribution in [2.45, 2.75) is 6.36 Å². The molecule has 7 nitrogen and oxygen atoms in total. The number of aromatic nitrogens is 3. The van der Waals surface area contributed by atoms with Crippen LogP contribution >= 0.6 is 0 Å². The lowest BCUT2D eigenvalue weighted by atomic mass is 10.1. The van der Waals surface area contributed by atoms with E-state index in [-0.39, 0.29) is 11.3 Å². The van der Waals surface area contributed by atoms with Crippen LogP contribution in [0.3, 0.4) is 0 Å². The normalized spacial score (nSPS) is 11.1. The van der Waals surface area contributed by atoms with Crippen LogP contribution in [0.5, 0.6) is 11.5 Å². The van der Waals surface area contributed by atoms with Gasteiger partial charge in [0.15, 0.2) is 0 Å². The summed E-state index contributed by atoms with van der Waals surface area (Å²) in [6.45, 7) is 0. The molecule has 3 aromatic rings. The van der Waals surface area contributed by atoms with Crippen LogP contribution in [-0.2, 0) is 0 Å². The minimum atomic E-state index is -4.93. The van der Waals surface area contributed by atoms with Crippen LogP contribution in [0.25, 0.3) is 5.69 Å². The molecule has 0 fully saturated rings. The maximum atomic E-state index is 12.6. The van der Waals surface area contributed by atoms with Crippen molar-refractivity contribution in [3.05, 3.63) is 60.4 Å². The summed E-state index contributed by atoms with van der Waals surface area (Å²) in [7, 11) is 1.34. The van der Waals surface area contributed by atoms with E-state index in [1.54, 1.807) is 30.5 Å². The van der Waals surface area contributed by atoms with Gasteiger partial charge in [0.05, 0.1) is 30.8 Å². The molecule has 0 bridgehead atoms. The molecule has 3 rings (SSSR count). The van der Waals surface area contributed by atoms with Crippen LogP contribution < -0.4 is 14.8 Å². The summed E-state index contributed by atoms with van der Waals surface area (Å²) in [5.41, 5.74) is 0.648. The number of alkyl halides is 3. The van der Waals surface area contributed by atoms with Gasteiger partial charge in [-0.1, -0.05) is 11.3 Å². The number of benzene rings is 2. The number of hydrogen-bond donors (Lipinski definition) is 1. The molecule has 0 aliphatic heterocycles. The number of anilines is 1. The Kier molecular flexibility index (Phi) is 4.97. The Morgan fingerprint density at radius 2 is 2.00 bits per heavy atom. The van der Waals surface area contributed by atoms with Crippen molar-refractivity contribution in [1.82, 2.24) is 15.0 Å². The molecular formula is C17H13F3N4O3. The number of carbonyl (C=O) groups is 1. The van der Waals surface area contributed by atoms with Gasteiger partial charge in [0.1, 0.15) is 11.5 Å². The highest BCUT2D eigenvalue weighted by Gasteiger charge is 2.33. The summed E-state index contributed by atoms with van der Waals surface area (Å²) in [6.07, 6.45) is -1.84. The molecule has 1 aromatic heterocycles. The van der Waals surface area contributed by atoms with Crippen molar-refractivity contribution in [2.75, 3.05) is 12.4 Å². The first kappa shape index (κ1) is 18.2. The first-order valence-electron chi connectivity index (χ1n) is 7.57. The molecule has 0 atom stereocenters. The lowest BCUT2D eigenvalue weighted by Crippen LogP contribution is -2.21. The fourth-order valence-electron chi connectivity index (χ4n) is 2.30. The highest BCUT2D eigenvalue weighted by Crippen LogP contribution is 2.30. The Bertz CT molecular complexity index is 943. The first-order valence-corrected chi connectivity index (χ1v) is 7.57. The van der Waals surface area contributed by atoms with E-state index in [0.717, 1.165) is 12.1 Å². The first-order chi connectivity index (χ1) is 12.9. The average molecular weight is 378 g/mol. The molecule has 0 unspecified atom stereocenters. The zero-order valence-electron chi connectivity index (χ0n) is 13.9. The molecule has 2 aromatic carbocycles. The summed E-state index contributed by atoms with van der Waals surface area (Å²) >= 11 is 0. The minimum absolute atomic E-state index is 0.214. The number of methoxy groups -OCH3 is 1. The number of amides is 1. The van der Waals surface area contributed by atoms with E-state index < -0.39 is 18.0 Å².